The van der Waals surface area contributed by atoms with Gasteiger partial charge in [-0.3, -0.25) is 4.79 Å². The van der Waals surface area contributed by atoms with E-state index in [9.17, 15) is 9.59 Å². The van der Waals surface area contributed by atoms with Crippen LogP contribution in [0.3, 0.4) is 0 Å². The molecule has 114 valence electrons. The molecule has 2 unspecified atom stereocenters. The fourth-order valence-corrected chi connectivity index (χ4v) is 3.04. The van der Waals surface area contributed by atoms with E-state index in [1.807, 2.05) is 13.8 Å². The predicted molar refractivity (Wildman–Crippen MR) is 79.8 cm³/mol. The number of Topliss-reactive ketones (excluding diaryl/α,β-unsaturated/α-hetero) is 1. The lowest BCUT2D eigenvalue weighted by molar-refractivity contribution is -0.149. The SMILES string of the molecule is COC(=O)COC1c2ccc(Cl)c(Cl)c2C(=O)C1C(C)C. The first kappa shape index (κ1) is 16.3. The first-order chi connectivity index (χ1) is 9.88. The molecule has 0 heterocycles. The van der Waals surface area contributed by atoms with Gasteiger partial charge in [-0.25, -0.2) is 4.79 Å². The summed E-state index contributed by atoms with van der Waals surface area (Å²) < 4.78 is 10.2. The summed E-state index contributed by atoms with van der Waals surface area (Å²) in [5.41, 5.74) is 1.08. The Bertz CT molecular complexity index is 583. The van der Waals surface area contributed by atoms with Crippen LogP contribution in [0, 0.1) is 11.8 Å². The van der Waals surface area contributed by atoms with Crippen LogP contribution >= 0.6 is 23.2 Å². The average Bonchev–Trinajstić information content (AvgIpc) is 2.73. The van der Waals surface area contributed by atoms with Gasteiger partial charge in [0, 0.05) is 5.56 Å². The Hall–Kier alpha value is -1.10. The molecule has 6 heteroatoms. The smallest absolute Gasteiger partial charge is 0.331 e. The average molecular weight is 331 g/mol. The molecule has 21 heavy (non-hydrogen) atoms. The molecule has 0 spiro atoms. The Morgan fingerprint density at radius 3 is 2.57 bits per heavy atom. The summed E-state index contributed by atoms with van der Waals surface area (Å²) in [6, 6.07) is 3.36. The Kier molecular flexibility index (Phi) is 4.91. The zero-order chi connectivity index (χ0) is 15.7. The Morgan fingerprint density at radius 1 is 1.33 bits per heavy atom. The van der Waals surface area contributed by atoms with Crippen LogP contribution in [0.4, 0.5) is 0 Å². The number of hydrogen-bond donors (Lipinski definition) is 0. The van der Waals surface area contributed by atoms with Gasteiger partial charge in [0.15, 0.2) is 5.78 Å². The highest BCUT2D eigenvalue weighted by molar-refractivity contribution is 6.44. The van der Waals surface area contributed by atoms with Gasteiger partial charge in [-0.05, 0) is 17.5 Å². The second-order valence-electron chi connectivity index (χ2n) is 5.27. The van der Waals surface area contributed by atoms with Gasteiger partial charge in [-0.15, -0.1) is 0 Å². The molecule has 2 rings (SSSR count). The van der Waals surface area contributed by atoms with Crippen LogP contribution in [0.1, 0.15) is 35.9 Å². The summed E-state index contributed by atoms with van der Waals surface area (Å²) >= 11 is 12.1. The van der Waals surface area contributed by atoms with Gasteiger partial charge in [0.25, 0.3) is 0 Å². The summed E-state index contributed by atoms with van der Waals surface area (Å²) in [6.07, 6.45) is -0.513. The zero-order valence-electron chi connectivity index (χ0n) is 12.0. The summed E-state index contributed by atoms with van der Waals surface area (Å²) in [4.78, 5) is 23.9. The van der Waals surface area contributed by atoms with Gasteiger partial charge in [0.1, 0.15) is 6.61 Å². The molecule has 1 aliphatic rings. The van der Waals surface area contributed by atoms with Gasteiger partial charge in [-0.2, -0.15) is 0 Å². The maximum Gasteiger partial charge on any atom is 0.331 e. The molecule has 2 atom stereocenters. The van der Waals surface area contributed by atoms with Crippen LogP contribution in [-0.2, 0) is 14.3 Å². The fraction of sp³-hybridized carbons (Fsp3) is 0.467. The van der Waals surface area contributed by atoms with E-state index in [-0.39, 0.29) is 29.2 Å². The van der Waals surface area contributed by atoms with E-state index in [0.717, 1.165) is 0 Å². The monoisotopic (exact) mass is 330 g/mol. The minimum absolute atomic E-state index is 0.0439. The summed E-state index contributed by atoms with van der Waals surface area (Å²) in [5.74, 6) is -0.927. The lowest BCUT2D eigenvalue weighted by Crippen LogP contribution is -2.24. The second-order valence-corrected chi connectivity index (χ2v) is 6.05. The maximum atomic E-state index is 12.6. The molecule has 0 amide bonds. The van der Waals surface area contributed by atoms with Crippen molar-refractivity contribution in [2.24, 2.45) is 11.8 Å². The summed E-state index contributed by atoms with van der Waals surface area (Å²) in [7, 11) is 1.29. The summed E-state index contributed by atoms with van der Waals surface area (Å²) in [5, 5.41) is 0.578. The Balaban J connectivity index is 2.41. The van der Waals surface area contributed by atoms with E-state index in [1.165, 1.54) is 7.11 Å². The molecule has 0 aromatic heterocycles. The van der Waals surface area contributed by atoms with Crippen LogP contribution < -0.4 is 0 Å². The number of rotatable bonds is 4. The van der Waals surface area contributed by atoms with Crippen molar-refractivity contribution in [2.45, 2.75) is 20.0 Å². The first-order valence-electron chi connectivity index (χ1n) is 6.59. The van der Waals surface area contributed by atoms with Crippen LogP contribution in [0.25, 0.3) is 0 Å². The van der Waals surface area contributed by atoms with Crippen LogP contribution in [0.15, 0.2) is 12.1 Å². The van der Waals surface area contributed by atoms with E-state index < -0.39 is 12.1 Å². The Morgan fingerprint density at radius 2 is 2.00 bits per heavy atom. The zero-order valence-corrected chi connectivity index (χ0v) is 13.5. The van der Waals surface area contributed by atoms with E-state index >= 15 is 0 Å². The van der Waals surface area contributed by atoms with Gasteiger partial charge in [-0.1, -0.05) is 43.1 Å². The molecule has 0 N–H and O–H groups in total. The van der Waals surface area contributed by atoms with Crippen molar-refractivity contribution in [3.05, 3.63) is 33.3 Å². The Labute approximate surface area is 133 Å². The molecule has 1 aliphatic carbocycles. The van der Waals surface area contributed by atoms with Crippen molar-refractivity contribution in [2.75, 3.05) is 13.7 Å². The van der Waals surface area contributed by atoms with Crippen LogP contribution in [0.2, 0.25) is 10.0 Å². The quantitative estimate of drug-likeness (QED) is 0.790. The lowest BCUT2D eigenvalue weighted by atomic mass is 9.90. The van der Waals surface area contributed by atoms with E-state index in [1.54, 1.807) is 12.1 Å². The molecule has 0 bridgehead atoms. The van der Waals surface area contributed by atoms with Crippen molar-refractivity contribution in [1.82, 2.24) is 0 Å². The number of carbonyl (C=O) groups is 2. The number of halogens is 2. The number of esters is 1. The topological polar surface area (TPSA) is 52.6 Å². The number of benzene rings is 1. The molecule has 1 aromatic rings. The second kappa shape index (κ2) is 6.34. The highest BCUT2D eigenvalue weighted by atomic mass is 35.5. The maximum absolute atomic E-state index is 12.6. The molecule has 0 fully saturated rings. The van der Waals surface area contributed by atoms with E-state index in [0.29, 0.717) is 16.1 Å². The van der Waals surface area contributed by atoms with Gasteiger partial charge in [0.2, 0.25) is 0 Å². The minimum Gasteiger partial charge on any atom is -0.467 e. The standard InChI is InChI=1S/C15H16Cl2O4/c1-7(2)11-14(19)12-8(4-5-9(16)13(12)17)15(11)21-6-10(18)20-3/h4-5,7,11,15H,6H2,1-3H3. The van der Waals surface area contributed by atoms with Gasteiger partial charge >= 0.3 is 5.97 Å². The van der Waals surface area contributed by atoms with Crippen molar-refractivity contribution >= 4 is 35.0 Å². The number of carbonyl (C=O) groups excluding carboxylic acids is 2. The molecular weight excluding hydrogens is 315 g/mol. The van der Waals surface area contributed by atoms with Crippen molar-refractivity contribution < 1.29 is 19.1 Å². The molecule has 4 nitrogen and oxygen atoms in total. The third-order valence-electron chi connectivity index (χ3n) is 3.64. The lowest BCUT2D eigenvalue weighted by Gasteiger charge is -2.22. The van der Waals surface area contributed by atoms with Crippen molar-refractivity contribution in [3.8, 4) is 0 Å². The highest BCUT2D eigenvalue weighted by Crippen LogP contribution is 2.46. The van der Waals surface area contributed by atoms with Crippen molar-refractivity contribution in [3.63, 3.8) is 0 Å². The normalized spacial score (nSPS) is 20.8. The number of fused-ring (bicyclic) bond motifs is 1. The number of hydrogen-bond acceptors (Lipinski definition) is 4. The fourth-order valence-electron chi connectivity index (χ4n) is 2.61. The van der Waals surface area contributed by atoms with Gasteiger partial charge in [0.05, 0.1) is 29.2 Å². The first-order valence-corrected chi connectivity index (χ1v) is 7.34. The molecule has 1 aromatic carbocycles. The number of methoxy groups -OCH3 is 1. The van der Waals surface area contributed by atoms with Gasteiger partial charge < -0.3 is 9.47 Å². The van der Waals surface area contributed by atoms with Crippen molar-refractivity contribution in [1.29, 1.82) is 0 Å². The van der Waals surface area contributed by atoms with Crippen LogP contribution in [-0.4, -0.2) is 25.5 Å². The number of ether oxygens (including phenoxy) is 2. The molecule has 0 aliphatic heterocycles. The molecular formula is C15H16Cl2O4. The van der Waals surface area contributed by atoms with E-state index in [4.69, 9.17) is 27.9 Å². The number of ketones is 1. The highest BCUT2D eigenvalue weighted by Gasteiger charge is 2.44. The third-order valence-corrected chi connectivity index (χ3v) is 4.44. The molecule has 0 saturated heterocycles. The molecule has 0 radical (unpaired) electrons. The van der Waals surface area contributed by atoms with Crippen LogP contribution in [0.5, 0.6) is 0 Å². The minimum atomic E-state index is -0.513. The van der Waals surface area contributed by atoms with E-state index in [2.05, 4.69) is 4.74 Å². The molecule has 0 saturated carbocycles. The predicted octanol–water partition coefficient (Wildman–Crippen LogP) is 3.69. The summed E-state index contributed by atoms with van der Waals surface area (Å²) in [6.45, 7) is 3.65. The largest absolute Gasteiger partial charge is 0.467 e. The third kappa shape index (κ3) is 2.93.